The van der Waals surface area contributed by atoms with Crippen LogP contribution in [0.1, 0.15) is 13.8 Å². The SMILES string of the molecule is CC(C)C(C(=O)NCCNS(C)(=O)=O)C(N)=S. The number of amides is 1. The van der Waals surface area contributed by atoms with Crippen molar-refractivity contribution in [1.82, 2.24) is 10.0 Å². The molecular formula is C9H19N3O3S2. The lowest BCUT2D eigenvalue weighted by atomic mass is 9.95. The molecule has 0 aliphatic carbocycles. The monoisotopic (exact) mass is 281 g/mol. The minimum absolute atomic E-state index is 0.00960. The minimum Gasteiger partial charge on any atom is -0.393 e. The van der Waals surface area contributed by atoms with E-state index in [2.05, 4.69) is 10.0 Å². The second-order valence-corrected chi connectivity index (χ2v) is 6.39. The predicted molar refractivity (Wildman–Crippen MR) is 71.0 cm³/mol. The summed E-state index contributed by atoms with van der Waals surface area (Å²) in [4.78, 5) is 11.8. The Morgan fingerprint density at radius 1 is 1.35 bits per heavy atom. The number of rotatable bonds is 7. The van der Waals surface area contributed by atoms with Crippen LogP contribution < -0.4 is 15.8 Å². The molecule has 8 heteroatoms. The third-order valence-electron chi connectivity index (χ3n) is 2.04. The summed E-state index contributed by atoms with van der Waals surface area (Å²) >= 11 is 4.81. The van der Waals surface area contributed by atoms with Gasteiger partial charge in [0.05, 0.1) is 17.2 Å². The van der Waals surface area contributed by atoms with Crippen molar-refractivity contribution in [1.29, 1.82) is 0 Å². The summed E-state index contributed by atoms with van der Waals surface area (Å²) in [5.74, 6) is -0.790. The molecule has 1 atom stereocenters. The highest BCUT2D eigenvalue weighted by Crippen LogP contribution is 2.10. The van der Waals surface area contributed by atoms with Crippen molar-refractivity contribution < 1.29 is 13.2 Å². The molecule has 0 fully saturated rings. The summed E-state index contributed by atoms with van der Waals surface area (Å²) in [6.45, 7) is 4.04. The van der Waals surface area contributed by atoms with Crippen molar-refractivity contribution in [3.05, 3.63) is 0 Å². The zero-order valence-corrected chi connectivity index (χ0v) is 11.8. The molecule has 4 N–H and O–H groups in total. The van der Waals surface area contributed by atoms with Gasteiger partial charge in [0.2, 0.25) is 15.9 Å². The minimum atomic E-state index is -3.23. The average molecular weight is 281 g/mol. The van der Waals surface area contributed by atoms with Gasteiger partial charge in [-0.15, -0.1) is 0 Å². The van der Waals surface area contributed by atoms with Gasteiger partial charge in [0.1, 0.15) is 0 Å². The van der Waals surface area contributed by atoms with E-state index in [0.717, 1.165) is 6.26 Å². The molecule has 0 bridgehead atoms. The molecular weight excluding hydrogens is 262 g/mol. The van der Waals surface area contributed by atoms with Gasteiger partial charge in [-0.1, -0.05) is 26.1 Å². The molecule has 0 aromatic heterocycles. The Balaban J connectivity index is 4.13. The van der Waals surface area contributed by atoms with Gasteiger partial charge in [-0.3, -0.25) is 4.79 Å². The van der Waals surface area contributed by atoms with Gasteiger partial charge in [-0.05, 0) is 5.92 Å². The van der Waals surface area contributed by atoms with E-state index in [1.54, 1.807) is 0 Å². The zero-order chi connectivity index (χ0) is 13.6. The van der Waals surface area contributed by atoms with Gasteiger partial charge >= 0.3 is 0 Å². The maximum atomic E-state index is 11.7. The Hall–Kier alpha value is -0.730. The molecule has 0 saturated carbocycles. The second-order valence-electron chi connectivity index (χ2n) is 4.08. The van der Waals surface area contributed by atoms with Crippen LogP contribution in [0.4, 0.5) is 0 Å². The molecule has 17 heavy (non-hydrogen) atoms. The van der Waals surface area contributed by atoms with E-state index in [1.807, 2.05) is 13.8 Å². The van der Waals surface area contributed by atoms with Crippen molar-refractivity contribution in [2.24, 2.45) is 17.6 Å². The maximum Gasteiger partial charge on any atom is 0.230 e. The Labute approximate surface area is 107 Å². The lowest BCUT2D eigenvalue weighted by Crippen LogP contribution is -2.43. The van der Waals surface area contributed by atoms with Gasteiger partial charge < -0.3 is 11.1 Å². The normalized spacial score (nSPS) is 13.4. The van der Waals surface area contributed by atoms with E-state index in [4.69, 9.17) is 18.0 Å². The number of nitrogens with one attached hydrogen (secondary N) is 2. The third kappa shape index (κ3) is 7.24. The highest BCUT2D eigenvalue weighted by Gasteiger charge is 2.24. The molecule has 100 valence electrons. The molecule has 1 amide bonds. The molecule has 0 aromatic rings. The molecule has 0 radical (unpaired) electrons. The molecule has 0 aromatic carbocycles. The fourth-order valence-electron chi connectivity index (χ4n) is 1.29. The summed E-state index contributed by atoms with van der Waals surface area (Å²) in [6, 6.07) is 0. The number of carbonyl (C=O) groups is 1. The summed E-state index contributed by atoms with van der Waals surface area (Å²) in [6.07, 6.45) is 1.06. The smallest absolute Gasteiger partial charge is 0.230 e. The van der Waals surface area contributed by atoms with Gasteiger partial charge in [0.15, 0.2) is 0 Å². The molecule has 0 aliphatic rings. The van der Waals surface area contributed by atoms with Crippen LogP contribution >= 0.6 is 12.2 Å². The van der Waals surface area contributed by atoms with Crippen LogP contribution in [-0.2, 0) is 14.8 Å². The largest absolute Gasteiger partial charge is 0.393 e. The van der Waals surface area contributed by atoms with E-state index in [-0.39, 0.29) is 29.9 Å². The summed E-state index contributed by atoms with van der Waals surface area (Å²) in [5, 5.41) is 2.58. The number of hydrogen-bond donors (Lipinski definition) is 3. The van der Waals surface area contributed by atoms with Crippen molar-refractivity contribution in [3.63, 3.8) is 0 Å². The van der Waals surface area contributed by atoms with Crippen LogP contribution in [0, 0.1) is 11.8 Å². The molecule has 0 aliphatic heterocycles. The standard InChI is InChI=1S/C9H19N3O3S2/c1-6(2)7(8(10)16)9(13)11-4-5-12-17(3,14)15/h6-7,12H,4-5H2,1-3H3,(H2,10,16)(H,11,13). The van der Waals surface area contributed by atoms with E-state index < -0.39 is 15.9 Å². The van der Waals surface area contributed by atoms with Gasteiger partial charge in [0.25, 0.3) is 0 Å². The molecule has 0 heterocycles. The summed E-state index contributed by atoms with van der Waals surface area (Å²) in [7, 11) is -3.23. The Morgan fingerprint density at radius 3 is 2.24 bits per heavy atom. The summed E-state index contributed by atoms with van der Waals surface area (Å²) < 4.78 is 23.8. The highest BCUT2D eigenvalue weighted by atomic mass is 32.2. The van der Waals surface area contributed by atoms with Crippen LogP contribution in [0.5, 0.6) is 0 Å². The fraction of sp³-hybridized carbons (Fsp3) is 0.778. The molecule has 0 spiro atoms. The quantitative estimate of drug-likeness (QED) is 0.419. The van der Waals surface area contributed by atoms with Crippen LogP contribution in [-0.4, -0.2) is 38.7 Å². The topological polar surface area (TPSA) is 101 Å². The maximum absolute atomic E-state index is 11.7. The molecule has 1 unspecified atom stereocenters. The van der Waals surface area contributed by atoms with Crippen LogP contribution in [0.3, 0.4) is 0 Å². The number of thiocarbonyl (C=S) groups is 1. The average Bonchev–Trinajstić information content (AvgIpc) is 2.09. The van der Waals surface area contributed by atoms with Crippen LogP contribution in [0.2, 0.25) is 0 Å². The number of carbonyl (C=O) groups excluding carboxylic acids is 1. The van der Waals surface area contributed by atoms with Crippen LogP contribution in [0.15, 0.2) is 0 Å². The number of sulfonamides is 1. The first kappa shape index (κ1) is 16.3. The highest BCUT2D eigenvalue weighted by molar-refractivity contribution is 7.88. The fourth-order valence-corrected chi connectivity index (χ4v) is 2.14. The van der Waals surface area contributed by atoms with E-state index in [9.17, 15) is 13.2 Å². The first-order valence-corrected chi connectivity index (χ1v) is 7.46. The second kappa shape index (κ2) is 6.87. The predicted octanol–water partition coefficient (Wildman–Crippen LogP) is -0.790. The zero-order valence-electron chi connectivity index (χ0n) is 10.2. The lowest BCUT2D eigenvalue weighted by Gasteiger charge is -2.18. The van der Waals surface area contributed by atoms with E-state index in [0.29, 0.717) is 0 Å². The first-order valence-electron chi connectivity index (χ1n) is 5.17. The lowest BCUT2D eigenvalue weighted by molar-refractivity contribution is -0.123. The van der Waals surface area contributed by atoms with Gasteiger partial charge in [-0.2, -0.15) is 0 Å². The molecule has 6 nitrogen and oxygen atoms in total. The van der Waals surface area contributed by atoms with E-state index >= 15 is 0 Å². The number of hydrogen-bond acceptors (Lipinski definition) is 4. The Morgan fingerprint density at radius 2 is 1.88 bits per heavy atom. The first-order chi connectivity index (χ1) is 7.65. The van der Waals surface area contributed by atoms with Crippen LogP contribution in [0.25, 0.3) is 0 Å². The molecule has 0 rings (SSSR count). The Kier molecular flexibility index (Phi) is 6.58. The van der Waals surface area contributed by atoms with Crippen molar-refractivity contribution in [2.75, 3.05) is 19.3 Å². The summed E-state index contributed by atoms with van der Waals surface area (Å²) in [5.41, 5.74) is 5.47. The molecule has 0 saturated heterocycles. The Bertz CT molecular complexity index is 379. The van der Waals surface area contributed by atoms with E-state index in [1.165, 1.54) is 0 Å². The third-order valence-corrected chi connectivity index (χ3v) is 3.03. The van der Waals surface area contributed by atoms with Crippen molar-refractivity contribution in [3.8, 4) is 0 Å². The number of nitrogens with two attached hydrogens (primary N) is 1. The van der Waals surface area contributed by atoms with Gasteiger partial charge in [0, 0.05) is 13.1 Å². The van der Waals surface area contributed by atoms with Gasteiger partial charge in [-0.25, -0.2) is 13.1 Å². The van der Waals surface area contributed by atoms with Crippen molar-refractivity contribution >= 4 is 33.1 Å². The van der Waals surface area contributed by atoms with Crippen molar-refractivity contribution in [2.45, 2.75) is 13.8 Å².